The number of nitrogens with zero attached hydrogens (tertiary/aromatic N) is 1. The Hall–Kier alpha value is -1.09. The Kier molecular flexibility index (Phi) is 2.99. The van der Waals surface area contributed by atoms with E-state index in [1.54, 1.807) is 7.11 Å². The molecule has 0 amide bonds. The predicted octanol–water partition coefficient (Wildman–Crippen LogP) is 1.24. The summed E-state index contributed by atoms with van der Waals surface area (Å²) in [5, 5.41) is 3.36. The molecule has 1 atom stereocenters. The van der Waals surface area contributed by atoms with Crippen molar-refractivity contribution < 1.29 is 4.74 Å². The van der Waals surface area contributed by atoms with E-state index in [9.17, 15) is 0 Å². The highest BCUT2D eigenvalue weighted by atomic mass is 16.5. The van der Waals surface area contributed by atoms with Crippen LogP contribution >= 0.6 is 0 Å². The molecule has 1 N–H and O–H groups in total. The first kappa shape index (κ1) is 9.46. The van der Waals surface area contributed by atoms with Crippen molar-refractivity contribution in [2.75, 3.05) is 20.2 Å². The maximum atomic E-state index is 5.27. The topological polar surface area (TPSA) is 34.1 Å². The summed E-state index contributed by atoms with van der Waals surface area (Å²) in [5.41, 5.74) is 1.09. The van der Waals surface area contributed by atoms with Gasteiger partial charge in [0.15, 0.2) is 0 Å². The Morgan fingerprint density at radius 3 is 3.29 bits per heavy atom. The van der Waals surface area contributed by atoms with Crippen LogP contribution < -0.4 is 10.1 Å². The second-order valence-corrected chi connectivity index (χ2v) is 3.72. The van der Waals surface area contributed by atoms with Gasteiger partial charge in [-0.05, 0) is 44.0 Å². The van der Waals surface area contributed by atoms with Gasteiger partial charge in [0.25, 0.3) is 0 Å². The summed E-state index contributed by atoms with van der Waals surface area (Å²) < 4.78 is 5.27. The Balaban J connectivity index is 2.07. The first-order chi connectivity index (χ1) is 6.90. The van der Waals surface area contributed by atoms with Gasteiger partial charge >= 0.3 is 0 Å². The van der Waals surface area contributed by atoms with E-state index in [-0.39, 0.29) is 0 Å². The van der Waals surface area contributed by atoms with E-state index in [4.69, 9.17) is 4.74 Å². The largest absolute Gasteiger partial charge is 0.495 e. The molecule has 2 heterocycles. The van der Waals surface area contributed by atoms with Crippen molar-refractivity contribution in [3.05, 3.63) is 24.0 Å². The number of hydrogen-bond acceptors (Lipinski definition) is 3. The zero-order valence-corrected chi connectivity index (χ0v) is 8.49. The van der Waals surface area contributed by atoms with E-state index in [0.29, 0.717) is 0 Å². The number of ether oxygens (including phenoxy) is 1. The molecule has 2 rings (SSSR count). The summed E-state index contributed by atoms with van der Waals surface area (Å²) in [6, 6.07) is 3.89. The fourth-order valence-electron chi connectivity index (χ4n) is 1.92. The summed E-state index contributed by atoms with van der Waals surface area (Å²) in [5.74, 6) is 1.64. The summed E-state index contributed by atoms with van der Waals surface area (Å²) in [6.45, 7) is 2.25. The Morgan fingerprint density at radius 2 is 2.57 bits per heavy atom. The molecular formula is C11H16N2O. The van der Waals surface area contributed by atoms with Crippen LogP contribution in [-0.4, -0.2) is 25.2 Å². The van der Waals surface area contributed by atoms with Gasteiger partial charge in [0, 0.05) is 6.20 Å². The molecule has 0 spiro atoms. The molecule has 1 aliphatic rings. The molecule has 0 radical (unpaired) electrons. The molecule has 0 aliphatic carbocycles. The van der Waals surface area contributed by atoms with Crippen LogP contribution in [0.3, 0.4) is 0 Å². The fourth-order valence-corrected chi connectivity index (χ4v) is 1.92. The van der Waals surface area contributed by atoms with E-state index in [1.165, 1.54) is 6.42 Å². The van der Waals surface area contributed by atoms with Crippen LogP contribution in [0.4, 0.5) is 0 Å². The third kappa shape index (κ3) is 2.04. The molecule has 0 saturated carbocycles. The lowest BCUT2D eigenvalue weighted by atomic mass is 10.0. The fraction of sp³-hybridized carbons (Fsp3) is 0.545. The van der Waals surface area contributed by atoms with E-state index < -0.39 is 0 Å². The third-order valence-electron chi connectivity index (χ3n) is 2.71. The number of rotatable bonds is 3. The van der Waals surface area contributed by atoms with Crippen molar-refractivity contribution in [1.29, 1.82) is 0 Å². The highest BCUT2D eigenvalue weighted by Crippen LogP contribution is 2.21. The molecular weight excluding hydrogens is 176 g/mol. The number of methoxy groups -OCH3 is 1. The van der Waals surface area contributed by atoms with Crippen molar-refractivity contribution in [3.63, 3.8) is 0 Å². The zero-order chi connectivity index (χ0) is 9.80. The monoisotopic (exact) mass is 192 g/mol. The van der Waals surface area contributed by atoms with Gasteiger partial charge in [-0.1, -0.05) is 0 Å². The third-order valence-corrected chi connectivity index (χ3v) is 2.71. The predicted molar refractivity (Wildman–Crippen MR) is 55.5 cm³/mol. The highest BCUT2D eigenvalue weighted by molar-refractivity contribution is 5.27. The lowest BCUT2D eigenvalue weighted by molar-refractivity contribution is 0.402. The van der Waals surface area contributed by atoms with Gasteiger partial charge in [-0.3, -0.25) is 4.98 Å². The average molecular weight is 192 g/mol. The second-order valence-electron chi connectivity index (χ2n) is 3.72. The van der Waals surface area contributed by atoms with Crippen molar-refractivity contribution >= 4 is 0 Å². The number of aromatic nitrogens is 1. The number of pyridine rings is 1. The maximum absolute atomic E-state index is 5.27. The highest BCUT2D eigenvalue weighted by Gasteiger charge is 2.17. The molecule has 1 fully saturated rings. The molecule has 14 heavy (non-hydrogen) atoms. The second kappa shape index (κ2) is 4.42. The van der Waals surface area contributed by atoms with Gasteiger partial charge in [0.2, 0.25) is 0 Å². The number of hydrogen-bond donors (Lipinski definition) is 1. The molecule has 1 saturated heterocycles. The molecule has 3 nitrogen and oxygen atoms in total. The van der Waals surface area contributed by atoms with Gasteiger partial charge in [-0.25, -0.2) is 0 Å². The Bertz CT molecular complexity index is 295. The van der Waals surface area contributed by atoms with Crippen molar-refractivity contribution in [1.82, 2.24) is 10.3 Å². The summed E-state index contributed by atoms with van der Waals surface area (Å²) in [7, 11) is 1.70. The van der Waals surface area contributed by atoms with Crippen LogP contribution in [-0.2, 0) is 6.42 Å². The molecule has 0 bridgehead atoms. The molecule has 76 valence electrons. The van der Waals surface area contributed by atoms with Crippen LogP contribution in [0, 0.1) is 5.92 Å². The minimum absolute atomic E-state index is 0.721. The molecule has 1 aromatic rings. The van der Waals surface area contributed by atoms with Crippen LogP contribution in [0.1, 0.15) is 12.1 Å². The molecule has 0 aromatic carbocycles. The standard InChI is InChI=1S/C11H16N2O/c1-14-11-3-2-5-13-10(11)7-9-4-6-12-8-9/h2-3,5,9,12H,4,6-8H2,1H3. The zero-order valence-electron chi connectivity index (χ0n) is 8.49. The first-order valence-electron chi connectivity index (χ1n) is 5.08. The molecule has 1 aromatic heterocycles. The smallest absolute Gasteiger partial charge is 0.140 e. The van der Waals surface area contributed by atoms with Gasteiger partial charge in [0.05, 0.1) is 12.8 Å². The van der Waals surface area contributed by atoms with Gasteiger partial charge in [0.1, 0.15) is 5.75 Å². The van der Waals surface area contributed by atoms with E-state index >= 15 is 0 Å². The lowest BCUT2D eigenvalue weighted by Crippen LogP contribution is -2.11. The first-order valence-corrected chi connectivity index (χ1v) is 5.08. The lowest BCUT2D eigenvalue weighted by Gasteiger charge is -2.10. The van der Waals surface area contributed by atoms with Gasteiger partial charge in [-0.15, -0.1) is 0 Å². The van der Waals surface area contributed by atoms with Gasteiger partial charge < -0.3 is 10.1 Å². The minimum Gasteiger partial charge on any atom is -0.495 e. The summed E-state index contributed by atoms with van der Waals surface area (Å²) >= 11 is 0. The van der Waals surface area contributed by atoms with E-state index in [2.05, 4.69) is 10.3 Å². The minimum atomic E-state index is 0.721. The quantitative estimate of drug-likeness (QED) is 0.782. The van der Waals surface area contributed by atoms with Crippen LogP contribution in [0.25, 0.3) is 0 Å². The summed E-state index contributed by atoms with van der Waals surface area (Å²) in [6.07, 6.45) is 4.11. The maximum Gasteiger partial charge on any atom is 0.140 e. The van der Waals surface area contributed by atoms with Crippen LogP contribution in [0.5, 0.6) is 5.75 Å². The summed E-state index contributed by atoms with van der Waals surface area (Å²) in [4.78, 5) is 4.36. The van der Waals surface area contributed by atoms with Crippen molar-refractivity contribution in [3.8, 4) is 5.75 Å². The number of nitrogens with one attached hydrogen (secondary N) is 1. The Labute approximate surface area is 84.5 Å². The van der Waals surface area contributed by atoms with Crippen molar-refractivity contribution in [2.24, 2.45) is 5.92 Å². The average Bonchev–Trinajstić information content (AvgIpc) is 2.71. The van der Waals surface area contributed by atoms with Crippen LogP contribution in [0.15, 0.2) is 18.3 Å². The molecule has 3 heteroatoms. The SMILES string of the molecule is COc1cccnc1CC1CCNC1. The normalized spacial score (nSPS) is 21.1. The van der Waals surface area contributed by atoms with Crippen molar-refractivity contribution in [2.45, 2.75) is 12.8 Å². The van der Waals surface area contributed by atoms with E-state index in [1.807, 2.05) is 18.3 Å². The molecule has 1 unspecified atom stereocenters. The molecule has 1 aliphatic heterocycles. The van der Waals surface area contributed by atoms with Gasteiger partial charge in [-0.2, -0.15) is 0 Å². The Morgan fingerprint density at radius 1 is 1.64 bits per heavy atom. The van der Waals surface area contributed by atoms with Crippen LogP contribution in [0.2, 0.25) is 0 Å². The van der Waals surface area contributed by atoms with E-state index in [0.717, 1.165) is 36.9 Å².